The van der Waals surface area contributed by atoms with Crippen LogP contribution in [0.15, 0.2) is 24.4 Å². The second-order valence-electron chi connectivity index (χ2n) is 4.05. The fourth-order valence-electron chi connectivity index (χ4n) is 1.97. The highest BCUT2D eigenvalue weighted by Crippen LogP contribution is 2.27. The summed E-state index contributed by atoms with van der Waals surface area (Å²) in [4.78, 5) is 0. The van der Waals surface area contributed by atoms with Crippen LogP contribution >= 0.6 is 0 Å². The molecule has 2 aromatic rings. The van der Waals surface area contributed by atoms with Gasteiger partial charge in [0.2, 0.25) is 0 Å². The highest BCUT2D eigenvalue weighted by molar-refractivity contribution is 5.67. The number of ether oxygens (including phenoxy) is 1. The topological polar surface area (TPSA) is 53.1 Å². The van der Waals surface area contributed by atoms with Crippen LogP contribution in [0.3, 0.4) is 0 Å². The van der Waals surface area contributed by atoms with E-state index in [4.69, 9.17) is 10.5 Å². The van der Waals surface area contributed by atoms with Gasteiger partial charge >= 0.3 is 0 Å². The van der Waals surface area contributed by atoms with Gasteiger partial charge in [0, 0.05) is 25.4 Å². The van der Waals surface area contributed by atoms with Crippen molar-refractivity contribution in [1.82, 2.24) is 9.78 Å². The van der Waals surface area contributed by atoms with Gasteiger partial charge in [0.05, 0.1) is 12.8 Å². The van der Waals surface area contributed by atoms with Crippen molar-refractivity contribution in [2.24, 2.45) is 12.8 Å². The molecule has 0 saturated carbocycles. The van der Waals surface area contributed by atoms with E-state index in [2.05, 4.69) is 11.2 Å². The molecule has 0 spiro atoms. The minimum absolute atomic E-state index is 0.446. The Morgan fingerprint density at radius 1 is 1.41 bits per heavy atom. The molecule has 0 saturated heterocycles. The third-order valence-corrected chi connectivity index (χ3v) is 2.80. The molecule has 0 radical (unpaired) electrons. The largest absolute Gasteiger partial charge is 0.496 e. The first kappa shape index (κ1) is 11.7. The standard InChI is InChI=1S/C13H17N3O/c1-9-6-10(4-5-13(9)17-3)11-8-16(2)15-12(11)7-14/h4-6,8H,7,14H2,1-3H3. The average Bonchev–Trinajstić information content (AvgIpc) is 2.70. The molecule has 4 nitrogen and oxygen atoms in total. The number of aryl methyl sites for hydroxylation is 2. The quantitative estimate of drug-likeness (QED) is 0.877. The Morgan fingerprint density at radius 2 is 2.18 bits per heavy atom. The van der Waals surface area contributed by atoms with Crippen LogP contribution in [0.1, 0.15) is 11.3 Å². The third kappa shape index (κ3) is 2.17. The smallest absolute Gasteiger partial charge is 0.121 e. The van der Waals surface area contributed by atoms with Gasteiger partial charge < -0.3 is 10.5 Å². The van der Waals surface area contributed by atoms with Gasteiger partial charge in [0.1, 0.15) is 5.75 Å². The molecule has 2 N–H and O–H groups in total. The maximum atomic E-state index is 5.69. The Kier molecular flexibility index (Phi) is 3.15. The number of methoxy groups -OCH3 is 1. The van der Waals surface area contributed by atoms with Gasteiger partial charge in [0.15, 0.2) is 0 Å². The number of hydrogen-bond donors (Lipinski definition) is 1. The summed E-state index contributed by atoms with van der Waals surface area (Å²) in [5.41, 5.74) is 9.92. The fraction of sp³-hybridized carbons (Fsp3) is 0.308. The number of benzene rings is 1. The van der Waals surface area contributed by atoms with Crippen LogP contribution in [-0.4, -0.2) is 16.9 Å². The second-order valence-corrected chi connectivity index (χ2v) is 4.05. The van der Waals surface area contributed by atoms with E-state index in [-0.39, 0.29) is 0 Å². The molecular weight excluding hydrogens is 214 g/mol. The summed E-state index contributed by atoms with van der Waals surface area (Å²) in [6.45, 7) is 2.47. The summed E-state index contributed by atoms with van der Waals surface area (Å²) in [6, 6.07) is 6.09. The minimum Gasteiger partial charge on any atom is -0.496 e. The molecule has 17 heavy (non-hydrogen) atoms. The van der Waals surface area contributed by atoms with Crippen LogP contribution in [0.4, 0.5) is 0 Å². The molecule has 0 unspecified atom stereocenters. The summed E-state index contributed by atoms with van der Waals surface area (Å²) in [5.74, 6) is 0.895. The van der Waals surface area contributed by atoms with Gasteiger partial charge in [-0.25, -0.2) is 0 Å². The zero-order chi connectivity index (χ0) is 12.4. The molecule has 1 aromatic heterocycles. The molecule has 2 rings (SSSR count). The van der Waals surface area contributed by atoms with Crippen molar-refractivity contribution in [2.75, 3.05) is 7.11 Å². The van der Waals surface area contributed by atoms with E-state index in [0.29, 0.717) is 6.54 Å². The van der Waals surface area contributed by atoms with E-state index in [0.717, 1.165) is 28.1 Å². The molecule has 0 aliphatic carbocycles. The highest BCUT2D eigenvalue weighted by atomic mass is 16.5. The molecule has 0 aliphatic rings. The van der Waals surface area contributed by atoms with Crippen LogP contribution in [0, 0.1) is 6.92 Å². The fourth-order valence-corrected chi connectivity index (χ4v) is 1.97. The Labute approximate surface area is 101 Å². The average molecular weight is 231 g/mol. The zero-order valence-electron chi connectivity index (χ0n) is 10.4. The third-order valence-electron chi connectivity index (χ3n) is 2.80. The monoisotopic (exact) mass is 231 g/mol. The van der Waals surface area contributed by atoms with Crippen molar-refractivity contribution in [2.45, 2.75) is 13.5 Å². The lowest BCUT2D eigenvalue weighted by atomic mass is 10.0. The van der Waals surface area contributed by atoms with Crippen LogP contribution in [-0.2, 0) is 13.6 Å². The van der Waals surface area contributed by atoms with Gasteiger partial charge in [-0.05, 0) is 30.2 Å². The van der Waals surface area contributed by atoms with E-state index < -0.39 is 0 Å². The maximum absolute atomic E-state index is 5.69. The predicted octanol–water partition coefficient (Wildman–Crippen LogP) is 1.86. The Morgan fingerprint density at radius 3 is 2.76 bits per heavy atom. The summed E-state index contributed by atoms with van der Waals surface area (Å²) in [6.07, 6.45) is 1.99. The van der Waals surface area contributed by atoms with Crippen LogP contribution in [0.2, 0.25) is 0 Å². The normalized spacial score (nSPS) is 10.6. The van der Waals surface area contributed by atoms with E-state index in [1.54, 1.807) is 11.8 Å². The van der Waals surface area contributed by atoms with Crippen LogP contribution < -0.4 is 10.5 Å². The summed E-state index contributed by atoms with van der Waals surface area (Å²) in [7, 11) is 3.58. The van der Waals surface area contributed by atoms with Crippen LogP contribution in [0.25, 0.3) is 11.1 Å². The van der Waals surface area contributed by atoms with E-state index in [1.807, 2.05) is 32.3 Å². The summed E-state index contributed by atoms with van der Waals surface area (Å²) >= 11 is 0. The van der Waals surface area contributed by atoms with Gasteiger partial charge in [0.25, 0.3) is 0 Å². The van der Waals surface area contributed by atoms with Crippen molar-refractivity contribution >= 4 is 0 Å². The van der Waals surface area contributed by atoms with E-state index >= 15 is 0 Å². The molecular formula is C13H17N3O. The molecule has 0 atom stereocenters. The van der Waals surface area contributed by atoms with Crippen molar-refractivity contribution in [3.05, 3.63) is 35.7 Å². The molecule has 1 heterocycles. The number of rotatable bonds is 3. The first-order valence-corrected chi connectivity index (χ1v) is 5.53. The Balaban J connectivity index is 2.49. The first-order chi connectivity index (χ1) is 8.15. The van der Waals surface area contributed by atoms with E-state index in [9.17, 15) is 0 Å². The van der Waals surface area contributed by atoms with Gasteiger partial charge in [-0.3, -0.25) is 4.68 Å². The van der Waals surface area contributed by atoms with Gasteiger partial charge in [-0.2, -0.15) is 5.10 Å². The Bertz CT molecular complexity index is 531. The lowest BCUT2D eigenvalue weighted by Crippen LogP contribution is -2.00. The number of nitrogens with two attached hydrogens (primary N) is 1. The van der Waals surface area contributed by atoms with Crippen molar-refractivity contribution in [3.63, 3.8) is 0 Å². The SMILES string of the molecule is COc1ccc(-c2cn(C)nc2CN)cc1C. The minimum atomic E-state index is 0.446. The Hall–Kier alpha value is -1.81. The van der Waals surface area contributed by atoms with Gasteiger partial charge in [-0.15, -0.1) is 0 Å². The summed E-state index contributed by atoms with van der Waals surface area (Å²) < 4.78 is 7.04. The van der Waals surface area contributed by atoms with Crippen LogP contribution in [0.5, 0.6) is 5.75 Å². The van der Waals surface area contributed by atoms with Crippen molar-refractivity contribution < 1.29 is 4.74 Å². The lowest BCUT2D eigenvalue weighted by molar-refractivity contribution is 0.412. The van der Waals surface area contributed by atoms with Crippen molar-refractivity contribution in [3.8, 4) is 16.9 Å². The van der Waals surface area contributed by atoms with Gasteiger partial charge in [-0.1, -0.05) is 6.07 Å². The number of nitrogens with zero attached hydrogens (tertiary/aromatic N) is 2. The molecule has 0 bridgehead atoms. The van der Waals surface area contributed by atoms with E-state index in [1.165, 1.54) is 0 Å². The molecule has 90 valence electrons. The molecule has 1 aromatic carbocycles. The molecule has 4 heteroatoms. The maximum Gasteiger partial charge on any atom is 0.121 e. The molecule has 0 fully saturated rings. The first-order valence-electron chi connectivity index (χ1n) is 5.53. The number of hydrogen-bond acceptors (Lipinski definition) is 3. The second kappa shape index (κ2) is 4.59. The highest BCUT2D eigenvalue weighted by Gasteiger charge is 2.09. The molecule has 0 aliphatic heterocycles. The van der Waals surface area contributed by atoms with Crippen molar-refractivity contribution in [1.29, 1.82) is 0 Å². The lowest BCUT2D eigenvalue weighted by Gasteiger charge is -2.07. The number of aromatic nitrogens is 2. The summed E-state index contributed by atoms with van der Waals surface area (Å²) in [5, 5.41) is 4.34. The predicted molar refractivity (Wildman–Crippen MR) is 67.8 cm³/mol. The zero-order valence-corrected chi connectivity index (χ0v) is 10.4. The molecule has 0 amide bonds.